The van der Waals surface area contributed by atoms with E-state index < -0.39 is 0 Å². The first-order valence-electron chi connectivity index (χ1n) is 3.83. The minimum absolute atomic E-state index is 0. The van der Waals surface area contributed by atoms with Gasteiger partial charge in [0.15, 0.2) is 0 Å². The van der Waals surface area contributed by atoms with Crippen LogP contribution in [-0.2, 0) is 41.7 Å². The number of hydrogen-bond acceptors (Lipinski definition) is 6. The van der Waals surface area contributed by atoms with Crippen LogP contribution in [0.25, 0.3) is 0 Å². The second-order valence-electron chi connectivity index (χ2n) is 2.10. The summed E-state index contributed by atoms with van der Waals surface area (Å²) in [7, 11) is 0. The van der Waals surface area contributed by atoms with Crippen molar-refractivity contribution in [2.45, 2.75) is 13.8 Å². The molecule has 0 rings (SSSR count). The zero-order chi connectivity index (χ0) is 11.7. The molecule has 0 radical (unpaired) electrons. The van der Waals surface area contributed by atoms with E-state index in [4.69, 9.17) is 11.7 Å². The Balaban J connectivity index is -0.000000180. The second kappa shape index (κ2) is 12.7. The third-order valence-electron chi connectivity index (χ3n) is 1.15. The number of thiocarbonyl (C=S) groups is 2. The SMILES string of the molecule is CCN(N)C(=S)[S-].CCN(N)C(=S)[S-].[Ni+2]. The van der Waals surface area contributed by atoms with Crippen LogP contribution in [0.4, 0.5) is 0 Å². The average Bonchev–Trinajstić information content (AvgIpc) is 2.15. The minimum Gasteiger partial charge on any atom is -0.410 e. The maximum absolute atomic E-state index is 5.20. The molecule has 0 aromatic carbocycles. The van der Waals surface area contributed by atoms with Gasteiger partial charge in [0.05, 0.1) is 0 Å². The molecule has 0 bridgehead atoms. The Bertz CT molecular complexity index is 172. The van der Waals surface area contributed by atoms with Crippen LogP contribution in [0.2, 0.25) is 0 Å². The van der Waals surface area contributed by atoms with E-state index in [1.165, 1.54) is 10.0 Å². The number of hydrogen-bond donors (Lipinski definition) is 2. The van der Waals surface area contributed by atoms with Crippen LogP contribution < -0.4 is 11.7 Å². The molecule has 0 spiro atoms. The first-order chi connectivity index (χ1) is 6.36. The van der Waals surface area contributed by atoms with E-state index in [1.54, 1.807) is 0 Å². The van der Waals surface area contributed by atoms with Crippen LogP contribution in [0, 0.1) is 0 Å². The number of rotatable bonds is 2. The summed E-state index contributed by atoms with van der Waals surface area (Å²) < 4.78 is 0.644. The van der Waals surface area contributed by atoms with Gasteiger partial charge in [-0.1, -0.05) is 0 Å². The van der Waals surface area contributed by atoms with Gasteiger partial charge in [0.2, 0.25) is 0 Å². The molecule has 0 aromatic rings. The van der Waals surface area contributed by atoms with Gasteiger partial charge in [-0.2, -0.15) is 0 Å². The van der Waals surface area contributed by atoms with Gasteiger partial charge in [-0.05, 0) is 22.5 Å². The molecule has 0 amide bonds. The molecule has 0 aromatic heterocycles. The summed E-state index contributed by atoms with van der Waals surface area (Å²) in [5, 5.41) is 2.68. The molecule has 0 aliphatic heterocycles. The Labute approximate surface area is 123 Å². The van der Waals surface area contributed by atoms with Gasteiger partial charge in [-0.15, -0.1) is 0 Å². The fourth-order valence-electron chi connectivity index (χ4n) is 0.258. The van der Waals surface area contributed by atoms with E-state index in [2.05, 4.69) is 49.7 Å². The molecule has 0 atom stereocenters. The van der Waals surface area contributed by atoms with Crippen molar-refractivity contribution in [2.24, 2.45) is 11.7 Å². The molecule has 0 unspecified atom stereocenters. The molecule has 92 valence electrons. The van der Waals surface area contributed by atoms with Crippen LogP contribution in [-0.4, -0.2) is 31.7 Å². The van der Waals surface area contributed by atoms with Crippen molar-refractivity contribution >= 4 is 58.3 Å². The molecule has 0 saturated carbocycles. The van der Waals surface area contributed by atoms with Gasteiger partial charge in [0.1, 0.15) is 0 Å². The Morgan fingerprint density at radius 3 is 1.20 bits per heavy atom. The van der Waals surface area contributed by atoms with E-state index in [-0.39, 0.29) is 16.5 Å². The van der Waals surface area contributed by atoms with Gasteiger partial charge in [0, 0.05) is 13.1 Å². The van der Waals surface area contributed by atoms with Crippen LogP contribution >= 0.6 is 24.4 Å². The quantitative estimate of drug-likeness (QED) is 0.242. The van der Waals surface area contributed by atoms with E-state index in [1.807, 2.05) is 13.8 Å². The van der Waals surface area contributed by atoms with Crippen molar-refractivity contribution in [3.05, 3.63) is 0 Å². The summed E-state index contributed by atoms with van der Waals surface area (Å²) in [5.41, 5.74) is 0. The molecule has 4 N–H and O–H groups in total. The van der Waals surface area contributed by atoms with E-state index >= 15 is 0 Å². The molecule has 4 nitrogen and oxygen atoms in total. The summed E-state index contributed by atoms with van der Waals surface area (Å²) in [4.78, 5) is 0. The molecule has 0 aliphatic rings. The van der Waals surface area contributed by atoms with Gasteiger partial charge < -0.3 is 59.7 Å². The van der Waals surface area contributed by atoms with E-state index in [0.29, 0.717) is 21.7 Å². The largest absolute Gasteiger partial charge is 2.00 e. The number of nitrogens with zero attached hydrogens (tertiary/aromatic N) is 2. The van der Waals surface area contributed by atoms with Gasteiger partial charge in [0.25, 0.3) is 0 Å². The summed E-state index contributed by atoms with van der Waals surface area (Å²) >= 11 is 18.1. The van der Waals surface area contributed by atoms with Crippen molar-refractivity contribution in [1.82, 2.24) is 10.0 Å². The molecule has 0 saturated heterocycles. The fourth-order valence-corrected chi connectivity index (χ4v) is 0.775. The smallest absolute Gasteiger partial charge is 0.410 e. The van der Waals surface area contributed by atoms with E-state index in [0.717, 1.165) is 0 Å². The summed E-state index contributed by atoms with van der Waals surface area (Å²) in [5.74, 6) is 10.4. The van der Waals surface area contributed by atoms with Gasteiger partial charge in [-0.3, -0.25) is 0 Å². The zero-order valence-corrected chi connectivity index (χ0v) is 12.7. The standard InChI is InChI=1S/2C3H8N2S2.Ni/c2*1-2-5(4)3(6)7;/h2*2,4H2,1H3,(H,6,7);/q;;+2/p-2. The maximum Gasteiger partial charge on any atom is 2.00 e. The summed E-state index contributed by atoms with van der Waals surface area (Å²) in [6.45, 7) is 5.14. The fraction of sp³-hybridized carbons (Fsp3) is 0.667. The van der Waals surface area contributed by atoms with E-state index in [9.17, 15) is 0 Å². The average molecular weight is 329 g/mol. The Morgan fingerprint density at radius 1 is 1.00 bits per heavy atom. The normalized spacial score (nSPS) is 7.73. The topological polar surface area (TPSA) is 58.5 Å². The Morgan fingerprint density at radius 2 is 1.20 bits per heavy atom. The van der Waals surface area contributed by atoms with Crippen molar-refractivity contribution in [2.75, 3.05) is 13.1 Å². The second-order valence-corrected chi connectivity index (χ2v) is 4.17. The molecule has 15 heavy (non-hydrogen) atoms. The third kappa shape index (κ3) is 14.6. The van der Waals surface area contributed by atoms with Crippen LogP contribution in [0.3, 0.4) is 0 Å². The predicted octanol–water partition coefficient (Wildman–Crippen LogP) is 0.0251. The predicted molar refractivity (Wildman–Crippen MR) is 73.1 cm³/mol. The third-order valence-corrected chi connectivity index (χ3v) is 2.09. The minimum atomic E-state index is 0. The summed E-state index contributed by atoms with van der Waals surface area (Å²) in [6, 6.07) is 0. The first-order valence-corrected chi connectivity index (χ1v) is 5.46. The number of hydrazine groups is 2. The molecular weight excluding hydrogens is 315 g/mol. The summed E-state index contributed by atoms with van der Waals surface area (Å²) in [6.07, 6.45) is 0. The molecule has 0 heterocycles. The van der Waals surface area contributed by atoms with Crippen LogP contribution in [0.15, 0.2) is 0 Å². The van der Waals surface area contributed by atoms with Gasteiger partial charge in [-0.25, -0.2) is 11.7 Å². The Kier molecular flexibility index (Phi) is 17.8. The van der Waals surface area contributed by atoms with Crippen molar-refractivity contribution in [3.63, 3.8) is 0 Å². The van der Waals surface area contributed by atoms with Crippen molar-refractivity contribution in [3.8, 4) is 0 Å². The molecule has 0 fully saturated rings. The van der Waals surface area contributed by atoms with Crippen molar-refractivity contribution in [1.29, 1.82) is 0 Å². The maximum atomic E-state index is 5.20. The molecule has 0 aliphatic carbocycles. The van der Waals surface area contributed by atoms with Crippen LogP contribution in [0.1, 0.15) is 13.8 Å². The van der Waals surface area contributed by atoms with Gasteiger partial charge >= 0.3 is 16.5 Å². The monoisotopic (exact) mass is 328 g/mol. The molecule has 9 heteroatoms. The molecular formula is C6H14N4NiS4. The Hall–Kier alpha value is 0.634. The number of nitrogens with two attached hydrogens (primary N) is 2. The van der Waals surface area contributed by atoms with Crippen LogP contribution in [0.5, 0.6) is 0 Å². The first kappa shape index (κ1) is 21.0. The zero-order valence-electron chi connectivity index (χ0n) is 8.41. The van der Waals surface area contributed by atoms with Crippen molar-refractivity contribution < 1.29 is 16.5 Å².